The fourth-order valence-corrected chi connectivity index (χ4v) is 6.94. The maximum Gasteiger partial charge on any atom is 0.339 e. The summed E-state index contributed by atoms with van der Waals surface area (Å²) in [5, 5.41) is 0. The number of furan rings is 1. The molecule has 1 aromatic heterocycles. The van der Waals surface area contributed by atoms with Crippen molar-refractivity contribution in [3.8, 4) is 0 Å². The Labute approximate surface area is 216 Å². The first kappa shape index (κ1) is 24.7. The van der Waals surface area contributed by atoms with Crippen LogP contribution in [0.25, 0.3) is 0 Å². The Morgan fingerprint density at radius 1 is 1.14 bits per heavy atom. The lowest BCUT2D eigenvalue weighted by atomic mass is 9.48. The number of esters is 3. The Kier molecular flexibility index (Phi) is 6.53. The minimum atomic E-state index is -1.13. The molecule has 2 aromatic rings. The van der Waals surface area contributed by atoms with E-state index >= 15 is 0 Å². The smallest absolute Gasteiger partial charge is 0.339 e. The minimum absolute atomic E-state index is 0.0433. The van der Waals surface area contributed by atoms with Gasteiger partial charge in [-0.05, 0) is 64.7 Å². The van der Waals surface area contributed by atoms with Gasteiger partial charge in [0, 0.05) is 22.4 Å². The van der Waals surface area contributed by atoms with Crippen LogP contribution in [0.5, 0.6) is 0 Å². The normalized spacial score (nSPS) is 33.6. The van der Waals surface area contributed by atoms with Gasteiger partial charge in [0.15, 0.2) is 11.9 Å². The summed E-state index contributed by atoms with van der Waals surface area (Å²) in [6.45, 7) is 1.92. The van der Waals surface area contributed by atoms with Crippen LogP contribution in [0.15, 0.2) is 51.7 Å². The molecule has 7 atom stereocenters. The van der Waals surface area contributed by atoms with Crippen molar-refractivity contribution in [2.24, 2.45) is 29.1 Å². The van der Waals surface area contributed by atoms with Gasteiger partial charge in [-0.25, -0.2) is 4.79 Å². The molecule has 190 valence electrons. The number of hydrogen-bond donors (Lipinski definition) is 0. The first-order chi connectivity index (χ1) is 17.2. The van der Waals surface area contributed by atoms with Crippen molar-refractivity contribution in [1.29, 1.82) is 0 Å². The number of rotatable bonds is 4. The Morgan fingerprint density at radius 3 is 2.61 bits per heavy atom. The van der Waals surface area contributed by atoms with E-state index in [-0.39, 0.29) is 29.7 Å². The fourth-order valence-electron chi connectivity index (χ4n) is 6.50. The van der Waals surface area contributed by atoms with E-state index in [1.165, 1.54) is 19.6 Å². The van der Waals surface area contributed by atoms with Gasteiger partial charge in [-0.15, -0.1) is 0 Å². The van der Waals surface area contributed by atoms with E-state index < -0.39 is 47.3 Å². The summed E-state index contributed by atoms with van der Waals surface area (Å²) in [4.78, 5) is 53.0. The van der Waals surface area contributed by atoms with E-state index in [1.54, 1.807) is 30.3 Å². The van der Waals surface area contributed by atoms with Gasteiger partial charge < -0.3 is 18.6 Å². The molecule has 1 saturated heterocycles. The number of carbonyl (C=O) groups excluding carboxylic acids is 4. The van der Waals surface area contributed by atoms with Crippen molar-refractivity contribution in [2.75, 3.05) is 7.11 Å². The molecule has 0 radical (unpaired) electrons. The second-order valence-corrected chi connectivity index (χ2v) is 11.0. The predicted octanol–water partition coefficient (Wildman–Crippen LogP) is 4.67. The van der Waals surface area contributed by atoms with Gasteiger partial charge in [0.1, 0.15) is 6.10 Å². The Bertz CT molecular complexity index is 1190. The molecular weight excluding hydrogens is 532 g/mol. The molecule has 0 amide bonds. The zero-order valence-electron chi connectivity index (χ0n) is 20.0. The van der Waals surface area contributed by atoms with Gasteiger partial charge in [0.25, 0.3) is 0 Å². The molecule has 2 heterocycles. The molecular formula is C27H27BrO8. The average molecular weight is 559 g/mol. The first-order valence-electron chi connectivity index (χ1n) is 12.0. The molecule has 3 fully saturated rings. The molecule has 5 rings (SSSR count). The lowest BCUT2D eigenvalue weighted by molar-refractivity contribution is -0.190. The van der Waals surface area contributed by atoms with Crippen molar-refractivity contribution < 1.29 is 37.8 Å². The molecule has 1 aliphatic heterocycles. The number of benzene rings is 1. The number of fused-ring (bicyclic) bond motifs is 3. The third-order valence-electron chi connectivity index (χ3n) is 8.31. The monoisotopic (exact) mass is 558 g/mol. The van der Waals surface area contributed by atoms with Gasteiger partial charge in [0.05, 0.1) is 37.0 Å². The number of ether oxygens (including phenoxy) is 3. The van der Waals surface area contributed by atoms with Crippen molar-refractivity contribution in [1.82, 2.24) is 0 Å². The molecule has 0 unspecified atom stereocenters. The summed E-state index contributed by atoms with van der Waals surface area (Å²) < 4.78 is 22.3. The summed E-state index contributed by atoms with van der Waals surface area (Å²) in [5.74, 6) is -3.87. The van der Waals surface area contributed by atoms with Crippen LogP contribution in [0.1, 0.15) is 54.6 Å². The van der Waals surface area contributed by atoms with Crippen LogP contribution in [-0.2, 0) is 28.6 Å². The second-order valence-electron chi connectivity index (χ2n) is 10.1. The topological polar surface area (TPSA) is 109 Å². The molecule has 9 heteroatoms. The molecule has 2 saturated carbocycles. The van der Waals surface area contributed by atoms with E-state index in [0.717, 1.165) is 5.56 Å². The van der Waals surface area contributed by atoms with Gasteiger partial charge in [-0.2, -0.15) is 0 Å². The average Bonchev–Trinajstić information content (AvgIpc) is 3.40. The molecule has 8 nitrogen and oxygen atoms in total. The highest BCUT2D eigenvalue weighted by atomic mass is 79.9. The molecule has 0 N–H and O–H groups in total. The number of cyclic esters (lactones) is 1. The van der Waals surface area contributed by atoms with Crippen LogP contribution < -0.4 is 0 Å². The SMILES string of the molecule is COC(=O)[C@@H]1C[C@H](OC(=O)c2ccccc2Br)C(=O)[C@@H]2[C@H]3C[C@@H](c4ccoc4)OC(=O)[C@@H]3CC[C@]21C. The number of methoxy groups -OCH3 is 1. The largest absolute Gasteiger partial charge is 0.472 e. The van der Waals surface area contributed by atoms with Crippen molar-refractivity contribution >= 4 is 39.6 Å². The number of Topliss-reactive ketones (excluding diaryl/α,β-unsaturated/α-hetero) is 1. The van der Waals surface area contributed by atoms with E-state index in [1.807, 2.05) is 6.92 Å². The highest BCUT2D eigenvalue weighted by Gasteiger charge is 2.63. The Balaban J connectivity index is 1.50. The van der Waals surface area contributed by atoms with Gasteiger partial charge in [-0.3, -0.25) is 14.4 Å². The highest BCUT2D eigenvalue weighted by molar-refractivity contribution is 9.10. The van der Waals surface area contributed by atoms with Crippen LogP contribution in [0, 0.1) is 29.1 Å². The number of carbonyl (C=O) groups is 4. The van der Waals surface area contributed by atoms with Gasteiger partial charge in [0.2, 0.25) is 0 Å². The minimum Gasteiger partial charge on any atom is -0.472 e. The molecule has 1 aromatic carbocycles. The van der Waals surface area contributed by atoms with Crippen molar-refractivity contribution in [2.45, 2.75) is 44.8 Å². The summed E-state index contributed by atoms with van der Waals surface area (Å²) in [5.41, 5.74) is 0.273. The van der Waals surface area contributed by atoms with Crippen LogP contribution >= 0.6 is 15.9 Å². The predicted molar refractivity (Wildman–Crippen MR) is 128 cm³/mol. The summed E-state index contributed by atoms with van der Waals surface area (Å²) in [6.07, 6.45) is 2.82. The summed E-state index contributed by atoms with van der Waals surface area (Å²) in [6, 6.07) is 8.52. The molecule has 0 spiro atoms. The highest BCUT2D eigenvalue weighted by Crippen LogP contribution is 2.59. The van der Waals surface area contributed by atoms with E-state index in [9.17, 15) is 19.2 Å². The Morgan fingerprint density at radius 2 is 1.92 bits per heavy atom. The maximum absolute atomic E-state index is 14.0. The van der Waals surface area contributed by atoms with Crippen molar-refractivity contribution in [3.63, 3.8) is 0 Å². The number of ketones is 1. The van der Waals surface area contributed by atoms with Crippen LogP contribution in [0.2, 0.25) is 0 Å². The lowest BCUT2D eigenvalue weighted by Gasteiger charge is -2.56. The quantitative estimate of drug-likeness (QED) is 0.393. The van der Waals surface area contributed by atoms with E-state index in [0.29, 0.717) is 23.7 Å². The third kappa shape index (κ3) is 4.07. The van der Waals surface area contributed by atoms with Crippen LogP contribution in [0.4, 0.5) is 0 Å². The van der Waals surface area contributed by atoms with Gasteiger partial charge >= 0.3 is 17.9 Å². The molecule has 36 heavy (non-hydrogen) atoms. The zero-order chi connectivity index (χ0) is 25.6. The van der Waals surface area contributed by atoms with E-state index in [2.05, 4.69) is 15.9 Å². The zero-order valence-corrected chi connectivity index (χ0v) is 21.6. The van der Waals surface area contributed by atoms with Crippen molar-refractivity contribution in [3.05, 3.63) is 58.5 Å². The molecule has 3 aliphatic rings. The number of hydrogen-bond acceptors (Lipinski definition) is 8. The van der Waals surface area contributed by atoms with Crippen LogP contribution in [0.3, 0.4) is 0 Å². The Hall–Kier alpha value is -2.94. The maximum atomic E-state index is 14.0. The number of halogens is 1. The van der Waals surface area contributed by atoms with Crippen LogP contribution in [-0.4, -0.2) is 36.9 Å². The fraction of sp³-hybridized carbons (Fsp3) is 0.481. The molecule has 0 bridgehead atoms. The second kappa shape index (κ2) is 9.50. The summed E-state index contributed by atoms with van der Waals surface area (Å²) in [7, 11) is 1.32. The standard InChI is InChI=1S/C27H27BrO8/c1-27-9-7-15-17(11-20(35-24(15)30)14-8-10-34-13-14)22(27)23(29)21(12-18(27)26(32)33-2)36-25(31)16-5-3-4-6-19(16)28/h3-6,8,10,13,15,17-18,20-22H,7,9,11-12H2,1-2H3/t15-,17+,18+,20+,21+,22+,27+/m1/s1. The molecule has 2 aliphatic carbocycles. The third-order valence-corrected chi connectivity index (χ3v) is 9.00. The summed E-state index contributed by atoms with van der Waals surface area (Å²) >= 11 is 3.35. The van der Waals surface area contributed by atoms with Gasteiger partial charge in [-0.1, -0.05) is 19.1 Å². The van der Waals surface area contributed by atoms with E-state index in [4.69, 9.17) is 18.6 Å². The lowest BCUT2D eigenvalue weighted by Crippen LogP contribution is -2.61. The first-order valence-corrected chi connectivity index (χ1v) is 12.8.